The maximum atomic E-state index is 13.1. The van der Waals surface area contributed by atoms with Crippen LogP contribution in [0.5, 0.6) is 5.75 Å². The van der Waals surface area contributed by atoms with E-state index in [4.69, 9.17) is 4.74 Å². The summed E-state index contributed by atoms with van der Waals surface area (Å²) in [5.74, 6) is 0.942. The summed E-state index contributed by atoms with van der Waals surface area (Å²) in [7, 11) is 0. The van der Waals surface area contributed by atoms with Crippen molar-refractivity contribution < 1.29 is 14.2 Å². The lowest BCUT2D eigenvalue weighted by atomic mass is 9.85. The standard InChI is InChI=1S/C17H26FNO2/c1-3-19-17(12-20)9-4-5-14(17)8-10-21-16-7-6-15(18)11-13(16)2/h6-7,11,14,19-20H,3-5,8-10,12H2,1-2H3. The van der Waals surface area contributed by atoms with Crippen molar-refractivity contribution in [1.29, 1.82) is 0 Å². The summed E-state index contributed by atoms with van der Waals surface area (Å²) in [6.07, 6.45) is 4.20. The van der Waals surface area contributed by atoms with Crippen molar-refractivity contribution in [2.24, 2.45) is 5.92 Å². The van der Waals surface area contributed by atoms with Crippen LogP contribution in [0, 0.1) is 18.7 Å². The first-order chi connectivity index (χ1) is 10.1. The van der Waals surface area contributed by atoms with E-state index in [-0.39, 0.29) is 18.0 Å². The molecule has 0 radical (unpaired) electrons. The Balaban J connectivity index is 1.90. The van der Waals surface area contributed by atoms with E-state index in [0.29, 0.717) is 12.5 Å². The lowest BCUT2D eigenvalue weighted by Crippen LogP contribution is -2.51. The molecule has 21 heavy (non-hydrogen) atoms. The highest BCUT2D eigenvalue weighted by molar-refractivity contribution is 5.32. The molecule has 118 valence electrons. The van der Waals surface area contributed by atoms with E-state index in [1.807, 2.05) is 6.92 Å². The van der Waals surface area contributed by atoms with Crippen LogP contribution in [0.15, 0.2) is 18.2 Å². The molecule has 2 unspecified atom stereocenters. The lowest BCUT2D eigenvalue weighted by Gasteiger charge is -2.35. The van der Waals surface area contributed by atoms with Crippen molar-refractivity contribution >= 4 is 0 Å². The second kappa shape index (κ2) is 7.23. The fraction of sp³-hybridized carbons (Fsp3) is 0.647. The van der Waals surface area contributed by atoms with Gasteiger partial charge in [0.1, 0.15) is 11.6 Å². The van der Waals surface area contributed by atoms with Gasteiger partial charge in [-0.3, -0.25) is 0 Å². The Hall–Kier alpha value is -1.13. The van der Waals surface area contributed by atoms with Crippen molar-refractivity contribution in [3.8, 4) is 5.75 Å². The molecule has 1 aliphatic carbocycles. The van der Waals surface area contributed by atoms with Crippen molar-refractivity contribution in [2.75, 3.05) is 19.8 Å². The van der Waals surface area contributed by atoms with Gasteiger partial charge in [0, 0.05) is 5.54 Å². The predicted octanol–water partition coefficient (Wildman–Crippen LogP) is 3.04. The second-order valence-corrected chi connectivity index (χ2v) is 5.98. The SMILES string of the molecule is CCNC1(CO)CCCC1CCOc1ccc(F)cc1C. The smallest absolute Gasteiger partial charge is 0.123 e. The third-order valence-electron chi connectivity index (χ3n) is 4.63. The third-order valence-corrected chi connectivity index (χ3v) is 4.63. The molecule has 2 N–H and O–H groups in total. The van der Waals surface area contributed by atoms with Gasteiger partial charge in [0.15, 0.2) is 0 Å². The number of aliphatic hydroxyl groups excluding tert-OH is 1. The summed E-state index contributed by atoms with van der Waals surface area (Å²) in [6, 6.07) is 4.60. The Labute approximate surface area is 126 Å². The molecule has 0 aliphatic heterocycles. The quantitative estimate of drug-likeness (QED) is 0.812. The van der Waals surface area contributed by atoms with Crippen molar-refractivity contribution in [1.82, 2.24) is 5.32 Å². The fourth-order valence-corrected chi connectivity index (χ4v) is 3.50. The highest BCUT2D eigenvalue weighted by Crippen LogP contribution is 2.37. The molecule has 1 aromatic rings. The number of hydrogen-bond donors (Lipinski definition) is 2. The van der Waals surface area contributed by atoms with Gasteiger partial charge in [0.2, 0.25) is 0 Å². The summed E-state index contributed by atoms with van der Waals surface area (Å²) in [5.41, 5.74) is 0.678. The number of rotatable bonds is 7. The molecule has 1 aliphatic rings. The summed E-state index contributed by atoms with van der Waals surface area (Å²) < 4.78 is 18.8. The van der Waals surface area contributed by atoms with Crippen LogP contribution in [-0.2, 0) is 0 Å². The van der Waals surface area contributed by atoms with Crippen LogP contribution >= 0.6 is 0 Å². The van der Waals surface area contributed by atoms with E-state index >= 15 is 0 Å². The third kappa shape index (κ3) is 3.74. The molecule has 0 aromatic heterocycles. The minimum atomic E-state index is -0.234. The molecule has 2 atom stereocenters. The normalized spacial score (nSPS) is 25.2. The molecule has 1 saturated carbocycles. The second-order valence-electron chi connectivity index (χ2n) is 5.98. The number of ether oxygens (including phenoxy) is 1. The molecular formula is C17H26FNO2. The Morgan fingerprint density at radius 1 is 1.48 bits per heavy atom. The molecule has 0 heterocycles. The van der Waals surface area contributed by atoms with Gasteiger partial charge >= 0.3 is 0 Å². The summed E-state index contributed by atoms with van der Waals surface area (Å²) >= 11 is 0. The number of hydrogen-bond acceptors (Lipinski definition) is 3. The van der Waals surface area contributed by atoms with Crippen LogP contribution in [0.3, 0.4) is 0 Å². The van der Waals surface area contributed by atoms with Crippen LogP contribution in [-0.4, -0.2) is 30.4 Å². The largest absolute Gasteiger partial charge is 0.493 e. The molecule has 3 nitrogen and oxygen atoms in total. The highest BCUT2D eigenvalue weighted by Gasteiger charge is 2.41. The molecule has 0 saturated heterocycles. The zero-order valence-electron chi connectivity index (χ0n) is 13.0. The van der Waals surface area contributed by atoms with E-state index in [0.717, 1.165) is 43.5 Å². The molecule has 4 heteroatoms. The van der Waals surface area contributed by atoms with Crippen molar-refractivity contribution in [3.63, 3.8) is 0 Å². The molecule has 1 aromatic carbocycles. The maximum Gasteiger partial charge on any atom is 0.123 e. The fourth-order valence-electron chi connectivity index (χ4n) is 3.50. The number of aryl methyl sites for hydroxylation is 1. The van der Waals surface area contributed by atoms with Crippen molar-refractivity contribution in [3.05, 3.63) is 29.6 Å². The van der Waals surface area contributed by atoms with Crippen molar-refractivity contribution in [2.45, 2.75) is 45.1 Å². The average Bonchev–Trinajstić information content (AvgIpc) is 2.85. The van der Waals surface area contributed by atoms with E-state index in [2.05, 4.69) is 12.2 Å². The first kappa shape index (κ1) is 16.2. The first-order valence-electron chi connectivity index (χ1n) is 7.86. The van der Waals surface area contributed by atoms with Crippen LogP contribution in [0.4, 0.5) is 4.39 Å². The van der Waals surface area contributed by atoms with Gasteiger partial charge < -0.3 is 15.2 Å². The Morgan fingerprint density at radius 2 is 2.29 bits per heavy atom. The topological polar surface area (TPSA) is 41.5 Å². The Morgan fingerprint density at radius 3 is 2.95 bits per heavy atom. The van der Waals surface area contributed by atoms with Crippen LogP contribution in [0.25, 0.3) is 0 Å². The Kier molecular flexibility index (Phi) is 5.59. The van der Waals surface area contributed by atoms with Gasteiger partial charge in [-0.25, -0.2) is 4.39 Å². The van der Waals surface area contributed by atoms with Gasteiger partial charge in [-0.05, 0) is 62.4 Å². The lowest BCUT2D eigenvalue weighted by molar-refractivity contribution is 0.111. The number of benzene rings is 1. The average molecular weight is 295 g/mol. The summed E-state index contributed by atoms with van der Waals surface area (Å²) in [5, 5.41) is 13.2. The highest BCUT2D eigenvalue weighted by atomic mass is 19.1. The molecular weight excluding hydrogens is 269 g/mol. The first-order valence-corrected chi connectivity index (χ1v) is 7.86. The van der Waals surface area contributed by atoms with E-state index in [1.165, 1.54) is 12.1 Å². The van der Waals surface area contributed by atoms with Gasteiger partial charge in [-0.2, -0.15) is 0 Å². The molecule has 0 amide bonds. The minimum Gasteiger partial charge on any atom is -0.493 e. The van der Waals surface area contributed by atoms with E-state index < -0.39 is 0 Å². The minimum absolute atomic E-state index is 0.143. The summed E-state index contributed by atoms with van der Waals surface area (Å²) in [6.45, 7) is 5.58. The molecule has 0 bridgehead atoms. The number of aliphatic hydroxyl groups is 1. The van der Waals surface area contributed by atoms with Gasteiger partial charge in [0.25, 0.3) is 0 Å². The van der Waals surface area contributed by atoms with E-state index in [9.17, 15) is 9.50 Å². The van der Waals surface area contributed by atoms with Crippen LogP contribution < -0.4 is 10.1 Å². The predicted molar refractivity (Wildman–Crippen MR) is 82.1 cm³/mol. The van der Waals surface area contributed by atoms with Gasteiger partial charge in [0.05, 0.1) is 13.2 Å². The zero-order valence-corrected chi connectivity index (χ0v) is 13.0. The monoisotopic (exact) mass is 295 g/mol. The number of nitrogens with one attached hydrogen (secondary N) is 1. The van der Waals surface area contributed by atoms with E-state index in [1.54, 1.807) is 6.07 Å². The van der Waals surface area contributed by atoms with Crippen LogP contribution in [0.2, 0.25) is 0 Å². The van der Waals surface area contributed by atoms with Gasteiger partial charge in [-0.15, -0.1) is 0 Å². The van der Waals surface area contributed by atoms with Crippen LogP contribution in [0.1, 0.15) is 38.2 Å². The molecule has 1 fully saturated rings. The number of halogens is 1. The number of likely N-dealkylation sites (N-methyl/N-ethyl adjacent to an activating group) is 1. The Bertz CT molecular complexity index is 466. The molecule has 0 spiro atoms. The summed E-state index contributed by atoms with van der Waals surface area (Å²) in [4.78, 5) is 0. The maximum absolute atomic E-state index is 13.1. The zero-order chi connectivity index (χ0) is 15.3. The van der Waals surface area contributed by atoms with Gasteiger partial charge in [-0.1, -0.05) is 13.3 Å². The molecule has 2 rings (SSSR count).